The van der Waals surface area contributed by atoms with Gasteiger partial charge >= 0.3 is 11.9 Å². The van der Waals surface area contributed by atoms with Crippen LogP contribution < -0.4 is 121 Å². The van der Waals surface area contributed by atoms with E-state index in [1.807, 2.05) is 13.8 Å². The molecule has 0 bridgehead atoms. The summed E-state index contributed by atoms with van der Waals surface area (Å²) in [6.07, 6.45) is 3.58. The number of quaternary nitrogens is 4. The van der Waals surface area contributed by atoms with Gasteiger partial charge in [0.25, 0.3) is 5.91 Å². The van der Waals surface area contributed by atoms with Crippen LogP contribution >= 0.6 is 11.8 Å². The number of rotatable bonds is 61. The highest BCUT2D eigenvalue weighted by Gasteiger charge is 2.48. The van der Waals surface area contributed by atoms with Crippen molar-refractivity contribution >= 4 is 118 Å². The molecule has 0 aliphatic carbocycles. The van der Waals surface area contributed by atoms with Crippen molar-refractivity contribution in [3.63, 3.8) is 0 Å². The van der Waals surface area contributed by atoms with Crippen molar-refractivity contribution in [2.45, 2.75) is 298 Å². The third kappa shape index (κ3) is 37.9. The summed E-state index contributed by atoms with van der Waals surface area (Å²) >= 11 is 1.33. The minimum absolute atomic E-state index is 0.00780. The van der Waals surface area contributed by atoms with Gasteiger partial charge in [0, 0.05) is 39.0 Å². The minimum atomic E-state index is -1.68. The Balaban J connectivity index is 1.56. The molecule has 0 unspecified atom stereocenters. The first kappa shape index (κ1) is 110. The van der Waals surface area contributed by atoms with Gasteiger partial charge in [-0.2, -0.15) is 11.8 Å². The molecule has 37 N–H and O–H groups in total. The van der Waals surface area contributed by atoms with Gasteiger partial charge in [-0.05, 0) is 197 Å². The predicted molar refractivity (Wildman–Crippen MR) is 463 cm³/mol. The van der Waals surface area contributed by atoms with Crippen molar-refractivity contribution in [3.8, 4) is 0 Å². The SMILES string of the molecule is CSCC[C@H](NC(=O)[C@H](CCCC[NH3+])NC(=O)[C@H](CCC(=O)O)NC(=O)[C@H](CCCC[NH3+])NC(=O)[C@H](CCCNC(N)N)NC(=O)[C@@H]1CCCN1C(=O)[C@@H]1CCCN1C(=O)[C@@H](NC(=O)[C@H](CC(C)C)NC(=O)[C@@H]1CCCN1C(=O)[C@@H]1CCCN1C(=O)[C@H](CCC(N)=O)NC(=O)C[NH3+])C(C)C)C(=O)N[C@@H](CCCNC(N)N)C(=O)NCC(=O)N[C@@H](CCCC[NH3+])C(=O)O. The molecule has 4 aliphatic rings. The molecule has 4 aliphatic heterocycles. The normalized spacial score (nSPS) is 18.6. The maximum Gasteiger partial charge on any atom is 0.326 e. The molecule has 720 valence electrons. The lowest BCUT2D eigenvalue weighted by Gasteiger charge is -2.35. The van der Waals surface area contributed by atoms with E-state index in [4.69, 9.17) is 28.7 Å². The van der Waals surface area contributed by atoms with E-state index in [0.717, 1.165) is 0 Å². The van der Waals surface area contributed by atoms with Crippen LogP contribution in [0.1, 0.15) is 201 Å². The summed E-state index contributed by atoms with van der Waals surface area (Å²) in [5.41, 5.74) is 43.4. The summed E-state index contributed by atoms with van der Waals surface area (Å²) in [7, 11) is 0. The number of nitrogens with one attached hydrogen (secondary N) is 13. The molecule has 0 aromatic rings. The Morgan fingerprint density at radius 3 is 1.17 bits per heavy atom. The zero-order chi connectivity index (χ0) is 94.6. The number of aliphatic carboxylic acids is 2. The first-order chi connectivity index (χ1) is 60.3. The molecule has 0 spiro atoms. The van der Waals surface area contributed by atoms with Gasteiger partial charge in [-0.15, -0.1) is 0 Å². The number of nitrogens with two attached hydrogens (primary N) is 5. The number of primary amides is 1. The van der Waals surface area contributed by atoms with Crippen LogP contribution in [0, 0.1) is 11.8 Å². The van der Waals surface area contributed by atoms with E-state index in [2.05, 4.69) is 92.1 Å². The van der Waals surface area contributed by atoms with Gasteiger partial charge in [0.1, 0.15) is 97.2 Å². The Kier molecular flexibility index (Phi) is 50.2. The number of carboxylic acids is 2. The van der Waals surface area contributed by atoms with E-state index in [0.29, 0.717) is 83.2 Å². The number of hydrogen-bond acceptors (Lipinski definition) is 25. The fraction of sp³-hybridized carbons (Fsp3) is 0.775. The first-order valence-corrected chi connectivity index (χ1v) is 46.1. The minimum Gasteiger partial charge on any atom is -0.481 e. The van der Waals surface area contributed by atoms with E-state index in [1.54, 1.807) is 20.1 Å². The standard InChI is InChI=1S/C80H144N26O20S/c1-45(2)42-55(101-73(120)57-24-15-38-104(57)75(122)58-25-16-39-105(58)74(121)53(27-29-60(85)107)93-61(108)43-84)71(118)102-64(46(3)4)77(124)106-40-17-26-59(106)76(123)103-37-14-23-56(103)72(119)100-50(22-13-36-91-80(88)89)68(115)96-48(18-6-9-32-81)66(113)98-51(28-30-63(110)111)69(116)97-49(19-7-10-33-82)67(114)99-52(31-41-127-5)70(117)95-47(21-12-35-90-79(86)87)65(112)92-44-62(109)94-54(78(125)126)20-8-11-34-83/h45-59,64,79-80,90-91H,6-44,81-84,86-89H2,1-5H3,(H2,85,107)(H,92,112)(H,93,108)(H,94,109)(H,95,117)(H,96,115)(H,97,116)(H,98,113)(H,99,114)(H,100,119)(H,101,120)(H,102,118)(H,110,111)(H,125,126)/p+4/t47-,48-,49-,50-,51-,52-,53-,54-,55-,56-,57-,58-,59-,64-/m0/s1. The fourth-order valence-electron chi connectivity index (χ4n) is 15.8. The molecule has 127 heavy (non-hydrogen) atoms. The molecule has 14 atom stereocenters. The smallest absolute Gasteiger partial charge is 0.326 e. The number of unbranched alkanes of at least 4 members (excludes halogenated alkanes) is 3. The van der Waals surface area contributed by atoms with Crippen molar-refractivity contribution in [3.05, 3.63) is 0 Å². The second kappa shape index (κ2) is 58.1. The lowest BCUT2D eigenvalue weighted by Crippen LogP contribution is -2.61. The summed E-state index contributed by atoms with van der Waals surface area (Å²) in [6, 6.07) is -17.9. The van der Waals surface area contributed by atoms with E-state index in [9.17, 15) is 91.7 Å². The van der Waals surface area contributed by atoms with Crippen LogP contribution in [0.2, 0.25) is 0 Å². The number of carbonyl (C=O) groups excluding carboxylic acids is 16. The van der Waals surface area contributed by atoms with Crippen LogP contribution in [0.4, 0.5) is 0 Å². The molecular formula is C80H148N26O20S+4. The molecule has 4 heterocycles. The summed E-state index contributed by atoms with van der Waals surface area (Å²) < 4.78 is 0. The number of amides is 16. The van der Waals surface area contributed by atoms with Crippen LogP contribution in [0.5, 0.6) is 0 Å². The van der Waals surface area contributed by atoms with Gasteiger partial charge in [0.2, 0.25) is 88.6 Å². The van der Waals surface area contributed by atoms with E-state index in [1.165, 1.54) is 31.4 Å². The van der Waals surface area contributed by atoms with Crippen molar-refractivity contribution < 1.29 is 119 Å². The molecule has 0 aromatic carbocycles. The van der Waals surface area contributed by atoms with Crippen LogP contribution in [-0.4, -0.2) is 317 Å². The Morgan fingerprint density at radius 1 is 0.402 bits per heavy atom. The number of hydrogen-bond donors (Lipinski definition) is 24. The molecule has 46 nitrogen and oxygen atoms in total. The summed E-state index contributed by atoms with van der Waals surface area (Å²) in [5.74, 6) is -14.9. The Bertz CT molecular complexity index is 3650. The lowest BCUT2D eigenvalue weighted by molar-refractivity contribution is -0.368. The molecule has 16 amide bonds. The monoisotopic (exact) mass is 1830 g/mol. The van der Waals surface area contributed by atoms with Gasteiger partial charge in [-0.1, -0.05) is 27.7 Å². The molecule has 4 fully saturated rings. The third-order valence-corrected chi connectivity index (χ3v) is 23.3. The quantitative estimate of drug-likeness (QED) is 0.0199. The maximum atomic E-state index is 15.0. The van der Waals surface area contributed by atoms with Gasteiger partial charge in [-0.3, -0.25) is 92.1 Å². The number of likely N-dealkylation sites (tertiary alicyclic amines) is 4. The molecular weight excluding hydrogens is 1680 g/mol. The molecule has 0 radical (unpaired) electrons. The van der Waals surface area contributed by atoms with Gasteiger partial charge < -0.3 is 140 Å². The number of nitrogens with zero attached hydrogens (tertiary/aromatic N) is 4. The topological polar surface area (TPSA) is 758 Å². The molecule has 0 saturated carbocycles. The average Bonchev–Trinajstić information content (AvgIpc) is 1.68. The average molecular weight is 1830 g/mol. The van der Waals surface area contributed by atoms with Crippen LogP contribution in [-0.2, 0) is 86.3 Å². The van der Waals surface area contributed by atoms with Crippen molar-refractivity contribution in [1.82, 2.24) is 88.7 Å². The van der Waals surface area contributed by atoms with Crippen molar-refractivity contribution in [2.24, 2.45) is 40.5 Å². The van der Waals surface area contributed by atoms with Crippen LogP contribution in [0.25, 0.3) is 0 Å². The van der Waals surface area contributed by atoms with Gasteiger partial charge in [-0.25, -0.2) is 4.79 Å². The number of carbonyl (C=O) groups is 18. The third-order valence-electron chi connectivity index (χ3n) is 22.6. The number of thioether (sulfide) groups is 1. The summed E-state index contributed by atoms with van der Waals surface area (Å²) in [6.45, 7) is 8.43. The zero-order valence-corrected chi connectivity index (χ0v) is 75.4. The second-order valence-electron chi connectivity index (χ2n) is 33.6. The fourth-order valence-corrected chi connectivity index (χ4v) is 16.2. The Hall–Kier alpha value is -9.59. The largest absolute Gasteiger partial charge is 0.481 e. The van der Waals surface area contributed by atoms with Crippen LogP contribution in [0.3, 0.4) is 0 Å². The maximum absolute atomic E-state index is 15.0. The van der Waals surface area contributed by atoms with Crippen LogP contribution in [0.15, 0.2) is 0 Å². The predicted octanol–water partition coefficient (Wildman–Crippen LogP) is -10.8. The second-order valence-corrected chi connectivity index (χ2v) is 34.6. The highest BCUT2D eigenvalue weighted by atomic mass is 32.2. The molecule has 4 rings (SSSR count). The highest BCUT2D eigenvalue weighted by molar-refractivity contribution is 7.98. The molecule has 4 saturated heterocycles. The first-order valence-electron chi connectivity index (χ1n) is 44.7. The van der Waals surface area contributed by atoms with E-state index < -0.39 is 229 Å². The van der Waals surface area contributed by atoms with Crippen molar-refractivity contribution in [2.75, 3.05) is 84.0 Å². The lowest BCUT2D eigenvalue weighted by atomic mass is 9.98. The molecule has 0 aromatic heterocycles. The molecule has 47 heteroatoms. The Morgan fingerprint density at radius 2 is 0.772 bits per heavy atom. The zero-order valence-electron chi connectivity index (χ0n) is 74.6. The van der Waals surface area contributed by atoms with Crippen molar-refractivity contribution in [1.29, 1.82) is 0 Å². The van der Waals surface area contributed by atoms with E-state index in [-0.39, 0.29) is 154 Å². The van der Waals surface area contributed by atoms with Gasteiger partial charge in [0.15, 0.2) is 6.54 Å². The summed E-state index contributed by atoms with van der Waals surface area (Å²) in [5, 5.41) is 54.6. The number of carboxylic acid groups (broad SMARTS) is 2. The Labute approximate surface area is 745 Å². The highest BCUT2D eigenvalue weighted by Crippen LogP contribution is 2.30. The van der Waals surface area contributed by atoms with Gasteiger partial charge in [0.05, 0.1) is 26.2 Å². The summed E-state index contributed by atoms with van der Waals surface area (Å²) in [4.78, 5) is 256. The van der Waals surface area contributed by atoms with E-state index >= 15 is 4.79 Å².